The van der Waals surface area contributed by atoms with E-state index < -0.39 is 15.8 Å². The first kappa shape index (κ1) is 23.6. The van der Waals surface area contributed by atoms with E-state index in [9.17, 15) is 13.2 Å². The van der Waals surface area contributed by atoms with Gasteiger partial charge in [0.25, 0.3) is 10.0 Å². The van der Waals surface area contributed by atoms with Crippen LogP contribution in [-0.4, -0.2) is 46.5 Å². The lowest BCUT2D eigenvalue weighted by atomic mass is 9.93. The molecule has 1 unspecified atom stereocenters. The number of carbonyl (C=O) groups is 1. The molecule has 0 aliphatic carbocycles. The van der Waals surface area contributed by atoms with E-state index in [0.717, 1.165) is 5.56 Å². The summed E-state index contributed by atoms with van der Waals surface area (Å²) in [6, 6.07) is 14.4. The highest BCUT2D eigenvalue weighted by Crippen LogP contribution is 2.33. The highest BCUT2D eigenvalue weighted by molar-refractivity contribution is 7.90. The maximum Gasteiger partial charge on any atom is 0.286 e. The second-order valence-electron chi connectivity index (χ2n) is 8.26. The molecule has 0 amide bonds. The number of aliphatic hydroxyl groups excluding tert-OH is 1. The molecule has 0 fully saturated rings. The number of sulfonamides is 1. The molecule has 1 aliphatic rings. The number of aromatic nitrogens is 3. The second kappa shape index (κ2) is 9.88. The summed E-state index contributed by atoms with van der Waals surface area (Å²) in [6.07, 6.45) is 6.75. The van der Waals surface area contributed by atoms with Gasteiger partial charge in [-0.3, -0.25) is 9.48 Å². The number of nitrogens with zero attached hydrogens (tertiary/aromatic N) is 4. The zero-order valence-corrected chi connectivity index (χ0v) is 19.9. The van der Waals surface area contributed by atoms with Crippen LogP contribution >= 0.6 is 0 Å². The molecule has 0 radical (unpaired) electrons. The molecule has 10 nitrogen and oxygen atoms in total. The molecule has 36 heavy (non-hydrogen) atoms. The van der Waals surface area contributed by atoms with Gasteiger partial charge in [0.2, 0.25) is 5.89 Å². The summed E-state index contributed by atoms with van der Waals surface area (Å²) >= 11 is 0. The number of carbonyl (C=O) groups excluding carboxylic acids is 1. The Bertz CT molecular complexity index is 1510. The zero-order chi connectivity index (χ0) is 25.1. The molecule has 2 N–H and O–H groups in total. The Morgan fingerprint density at radius 2 is 1.97 bits per heavy atom. The summed E-state index contributed by atoms with van der Waals surface area (Å²) in [5.41, 5.74) is 2.56. The predicted molar refractivity (Wildman–Crippen MR) is 132 cm³/mol. The summed E-state index contributed by atoms with van der Waals surface area (Å²) in [6.45, 7) is 0.279. The van der Waals surface area contributed by atoms with E-state index in [1.54, 1.807) is 35.4 Å². The van der Waals surface area contributed by atoms with Crippen molar-refractivity contribution < 1.29 is 22.7 Å². The van der Waals surface area contributed by atoms with E-state index in [-0.39, 0.29) is 35.4 Å². The van der Waals surface area contributed by atoms with Gasteiger partial charge < -0.3 is 14.8 Å². The van der Waals surface area contributed by atoms with Gasteiger partial charge in [0.1, 0.15) is 11.2 Å². The normalized spacial score (nSPS) is 15.0. The third-order valence-corrected chi connectivity index (χ3v) is 7.21. The van der Waals surface area contributed by atoms with Crippen LogP contribution in [0.15, 0.2) is 87.1 Å². The van der Waals surface area contributed by atoms with E-state index in [0.29, 0.717) is 30.0 Å². The number of amidine groups is 1. The molecule has 11 heteroatoms. The van der Waals surface area contributed by atoms with Gasteiger partial charge in [-0.1, -0.05) is 36.4 Å². The molecular formula is C25H23N5O5S. The lowest BCUT2D eigenvalue weighted by Crippen LogP contribution is -2.29. The maximum absolute atomic E-state index is 13.0. The summed E-state index contributed by atoms with van der Waals surface area (Å²) < 4.78 is 36.8. The Hall–Kier alpha value is -4.09. The Labute approximate surface area is 207 Å². The fourth-order valence-electron chi connectivity index (χ4n) is 4.11. The topological polar surface area (TPSA) is 140 Å². The predicted octanol–water partition coefficient (Wildman–Crippen LogP) is 3.22. The summed E-state index contributed by atoms with van der Waals surface area (Å²) in [7, 11) is -4.10. The van der Waals surface area contributed by atoms with Gasteiger partial charge in [-0.25, -0.2) is 4.98 Å². The maximum atomic E-state index is 13.0. The Morgan fingerprint density at radius 3 is 2.72 bits per heavy atom. The standard InChI is InChI=1S/C25H23N5O5S/c31-12-11-30-16-19(15-27-30)18-6-8-21-23(14-18)36(33,34)29-24(28-21)22(32)9-7-20(25-26-10-13-35-25)17-4-2-1-3-5-17/h1-6,8,10,13-16,20,31H,7,9,11-12H2,(H,28,29). The van der Waals surface area contributed by atoms with Crippen molar-refractivity contribution in [3.63, 3.8) is 0 Å². The van der Waals surface area contributed by atoms with Gasteiger partial charge in [-0.15, -0.1) is 4.40 Å². The number of Topliss-reactive ketones (excluding diaryl/α,β-unsaturated/α-hetero) is 1. The minimum atomic E-state index is -4.10. The van der Waals surface area contributed by atoms with Gasteiger partial charge in [0.15, 0.2) is 11.6 Å². The van der Waals surface area contributed by atoms with Crippen LogP contribution in [0.1, 0.15) is 30.2 Å². The molecule has 5 rings (SSSR count). The molecule has 4 aromatic rings. The molecule has 0 saturated carbocycles. The van der Waals surface area contributed by atoms with Crippen molar-refractivity contribution >= 4 is 27.3 Å². The van der Waals surface area contributed by atoms with Crippen LogP contribution in [0.2, 0.25) is 0 Å². The molecule has 0 spiro atoms. The molecule has 0 saturated heterocycles. The molecule has 1 aliphatic heterocycles. The SMILES string of the molecule is O=C(CCC(c1ccccc1)c1ncco1)C1=NS(=O)(=O)c2cc(-c3cnn(CCO)c3)ccc2N1. The average molecular weight is 506 g/mol. The van der Waals surface area contributed by atoms with Crippen LogP contribution in [0.25, 0.3) is 11.1 Å². The van der Waals surface area contributed by atoms with E-state index >= 15 is 0 Å². The van der Waals surface area contributed by atoms with Crippen LogP contribution in [0.5, 0.6) is 0 Å². The number of hydrogen-bond donors (Lipinski definition) is 2. The number of nitrogens with one attached hydrogen (secondary N) is 1. The van der Waals surface area contributed by atoms with Crippen LogP contribution in [-0.2, 0) is 21.4 Å². The van der Waals surface area contributed by atoms with Gasteiger partial charge >= 0.3 is 0 Å². The van der Waals surface area contributed by atoms with E-state index in [1.807, 2.05) is 30.3 Å². The number of oxazole rings is 1. The smallest absolute Gasteiger partial charge is 0.286 e. The van der Waals surface area contributed by atoms with Crippen LogP contribution < -0.4 is 5.32 Å². The first-order chi connectivity index (χ1) is 17.4. The lowest BCUT2D eigenvalue weighted by molar-refractivity contribution is -0.113. The van der Waals surface area contributed by atoms with Crippen molar-refractivity contribution in [2.75, 3.05) is 11.9 Å². The van der Waals surface area contributed by atoms with Crippen molar-refractivity contribution in [3.8, 4) is 11.1 Å². The van der Waals surface area contributed by atoms with Crippen molar-refractivity contribution in [2.45, 2.75) is 30.2 Å². The van der Waals surface area contributed by atoms with Crippen molar-refractivity contribution in [2.24, 2.45) is 4.40 Å². The Kier molecular flexibility index (Phi) is 6.49. The van der Waals surface area contributed by atoms with Gasteiger partial charge in [0, 0.05) is 18.2 Å². The first-order valence-corrected chi connectivity index (χ1v) is 12.8. The highest BCUT2D eigenvalue weighted by Gasteiger charge is 2.29. The quantitative estimate of drug-likeness (QED) is 0.353. The lowest BCUT2D eigenvalue weighted by Gasteiger charge is -2.19. The third-order valence-electron chi connectivity index (χ3n) is 5.90. The highest BCUT2D eigenvalue weighted by atomic mass is 32.2. The van der Waals surface area contributed by atoms with Crippen molar-refractivity contribution in [3.05, 3.63) is 84.8 Å². The summed E-state index contributed by atoms with van der Waals surface area (Å²) in [5.74, 6) is -0.413. The van der Waals surface area contributed by atoms with Gasteiger partial charge in [-0.05, 0) is 29.7 Å². The number of aliphatic hydroxyl groups is 1. The number of ketones is 1. The molecule has 2 aromatic heterocycles. The zero-order valence-electron chi connectivity index (χ0n) is 19.1. The van der Waals surface area contributed by atoms with Crippen LogP contribution in [0.3, 0.4) is 0 Å². The van der Waals surface area contributed by atoms with Crippen molar-refractivity contribution in [1.82, 2.24) is 14.8 Å². The van der Waals surface area contributed by atoms with Gasteiger partial charge in [-0.2, -0.15) is 13.5 Å². The minimum absolute atomic E-state index is 0.0200. The number of hydrogen-bond acceptors (Lipinski definition) is 8. The average Bonchev–Trinajstić information content (AvgIpc) is 3.57. The van der Waals surface area contributed by atoms with E-state index in [1.165, 1.54) is 12.3 Å². The molecular weight excluding hydrogens is 482 g/mol. The number of anilines is 1. The molecule has 1 atom stereocenters. The monoisotopic (exact) mass is 505 g/mol. The van der Waals surface area contributed by atoms with E-state index in [2.05, 4.69) is 19.8 Å². The fraction of sp³-hybridized carbons (Fsp3) is 0.200. The molecule has 0 bridgehead atoms. The molecule has 2 aromatic carbocycles. The summed E-state index contributed by atoms with van der Waals surface area (Å²) in [4.78, 5) is 17.2. The molecule has 3 heterocycles. The number of benzene rings is 2. The summed E-state index contributed by atoms with van der Waals surface area (Å²) in [5, 5.41) is 16.1. The minimum Gasteiger partial charge on any atom is -0.448 e. The van der Waals surface area contributed by atoms with E-state index in [4.69, 9.17) is 9.52 Å². The fourth-order valence-corrected chi connectivity index (χ4v) is 5.27. The van der Waals surface area contributed by atoms with Crippen LogP contribution in [0.4, 0.5) is 5.69 Å². The van der Waals surface area contributed by atoms with Crippen LogP contribution in [0, 0.1) is 0 Å². The third kappa shape index (κ3) is 4.83. The Balaban J connectivity index is 1.35. The second-order valence-corrected chi connectivity index (χ2v) is 9.83. The largest absolute Gasteiger partial charge is 0.448 e. The molecule has 184 valence electrons. The Morgan fingerprint density at radius 1 is 1.14 bits per heavy atom. The number of fused-ring (bicyclic) bond motifs is 1. The van der Waals surface area contributed by atoms with Gasteiger partial charge in [0.05, 0.1) is 37.2 Å². The number of rotatable bonds is 9. The first-order valence-electron chi connectivity index (χ1n) is 11.3. The van der Waals surface area contributed by atoms with Crippen molar-refractivity contribution in [1.29, 1.82) is 0 Å².